The molecule has 0 saturated heterocycles. The Hall–Kier alpha value is -0.500. The van der Waals surface area contributed by atoms with E-state index in [2.05, 4.69) is 25.1 Å². The van der Waals surface area contributed by atoms with Crippen molar-refractivity contribution in [3.8, 4) is 0 Å². The normalized spacial score (nSPS) is 28.8. The maximum atomic E-state index is 6.50. The van der Waals surface area contributed by atoms with Gasteiger partial charge in [-0.3, -0.25) is 4.68 Å². The fourth-order valence-electron chi connectivity index (χ4n) is 3.12. The molecule has 0 aromatic carbocycles. The molecule has 1 aromatic heterocycles. The number of alkyl halides is 1. The summed E-state index contributed by atoms with van der Waals surface area (Å²) in [5.41, 5.74) is 1.34. The number of nitrogens with zero attached hydrogens (tertiary/aromatic N) is 2. The van der Waals surface area contributed by atoms with Gasteiger partial charge in [0.1, 0.15) is 0 Å². The highest BCUT2D eigenvalue weighted by molar-refractivity contribution is 6.20. The van der Waals surface area contributed by atoms with Gasteiger partial charge in [-0.2, -0.15) is 5.10 Å². The lowest BCUT2D eigenvalue weighted by molar-refractivity contribution is 0.211. The lowest BCUT2D eigenvalue weighted by Gasteiger charge is -2.35. The van der Waals surface area contributed by atoms with Gasteiger partial charge in [-0.05, 0) is 55.4 Å². The van der Waals surface area contributed by atoms with Crippen molar-refractivity contribution in [3.63, 3.8) is 0 Å². The van der Waals surface area contributed by atoms with Gasteiger partial charge in [0.2, 0.25) is 0 Å². The van der Waals surface area contributed by atoms with E-state index in [1.165, 1.54) is 31.2 Å². The van der Waals surface area contributed by atoms with Gasteiger partial charge in [-0.1, -0.05) is 13.8 Å². The lowest BCUT2D eigenvalue weighted by Crippen LogP contribution is -2.28. The number of hydrogen-bond acceptors (Lipinski definition) is 1. The van der Waals surface area contributed by atoms with Crippen LogP contribution in [-0.4, -0.2) is 15.2 Å². The fourth-order valence-corrected chi connectivity index (χ4v) is 3.48. The fraction of sp³-hybridized carbons (Fsp3) is 0.800. The Labute approximate surface area is 116 Å². The van der Waals surface area contributed by atoms with Gasteiger partial charge < -0.3 is 0 Å². The molecule has 1 fully saturated rings. The molecule has 1 heterocycles. The molecule has 0 amide bonds. The Balaban J connectivity index is 1.86. The van der Waals surface area contributed by atoms with Crippen LogP contribution in [0.15, 0.2) is 12.4 Å². The topological polar surface area (TPSA) is 17.8 Å². The monoisotopic (exact) mass is 268 g/mol. The second kappa shape index (κ2) is 6.10. The molecule has 1 aliphatic rings. The van der Waals surface area contributed by atoms with E-state index in [4.69, 9.17) is 11.6 Å². The van der Waals surface area contributed by atoms with Crippen LogP contribution in [0.4, 0.5) is 0 Å². The molecule has 102 valence electrons. The molecule has 0 spiro atoms. The Morgan fingerprint density at radius 3 is 2.83 bits per heavy atom. The zero-order valence-corrected chi connectivity index (χ0v) is 12.5. The van der Waals surface area contributed by atoms with Crippen LogP contribution in [-0.2, 0) is 13.5 Å². The van der Waals surface area contributed by atoms with Crippen LogP contribution in [0.25, 0.3) is 0 Å². The SMILES string of the molecule is CC(C)C1CCC(Cl)C(CCc2cnn(C)c2)C1. The Morgan fingerprint density at radius 1 is 1.44 bits per heavy atom. The predicted octanol–water partition coefficient (Wildman–Crippen LogP) is 4.03. The van der Waals surface area contributed by atoms with E-state index in [0.29, 0.717) is 11.3 Å². The number of hydrogen-bond donors (Lipinski definition) is 0. The predicted molar refractivity (Wildman–Crippen MR) is 76.8 cm³/mol. The van der Waals surface area contributed by atoms with Crippen molar-refractivity contribution in [2.24, 2.45) is 24.8 Å². The molecule has 2 nitrogen and oxygen atoms in total. The minimum Gasteiger partial charge on any atom is -0.276 e. The average molecular weight is 269 g/mol. The van der Waals surface area contributed by atoms with E-state index in [0.717, 1.165) is 18.3 Å². The highest BCUT2D eigenvalue weighted by Crippen LogP contribution is 2.38. The molecular weight excluding hydrogens is 244 g/mol. The van der Waals surface area contributed by atoms with Gasteiger partial charge in [0.25, 0.3) is 0 Å². The largest absolute Gasteiger partial charge is 0.276 e. The number of aryl methyl sites for hydroxylation is 2. The second-order valence-electron chi connectivity index (χ2n) is 6.15. The first kappa shape index (κ1) is 13.9. The first-order valence-electron chi connectivity index (χ1n) is 7.18. The van der Waals surface area contributed by atoms with Crippen molar-refractivity contribution in [1.82, 2.24) is 9.78 Å². The van der Waals surface area contributed by atoms with Crippen molar-refractivity contribution in [1.29, 1.82) is 0 Å². The summed E-state index contributed by atoms with van der Waals surface area (Å²) in [6.45, 7) is 4.69. The Morgan fingerprint density at radius 2 is 2.22 bits per heavy atom. The average Bonchev–Trinajstić information content (AvgIpc) is 2.74. The maximum absolute atomic E-state index is 6.50. The minimum absolute atomic E-state index is 0.386. The summed E-state index contributed by atoms with van der Waals surface area (Å²) in [6, 6.07) is 0. The third-order valence-electron chi connectivity index (χ3n) is 4.44. The van der Waals surface area contributed by atoms with Gasteiger partial charge in [-0.15, -0.1) is 11.6 Å². The van der Waals surface area contributed by atoms with Crippen LogP contribution in [0.5, 0.6) is 0 Å². The van der Waals surface area contributed by atoms with Gasteiger partial charge in [0.05, 0.1) is 6.20 Å². The van der Waals surface area contributed by atoms with Gasteiger partial charge in [0.15, 0.2) is 0 Å². The summed E-state index contributed by atoms with van der Waals surface area (Å²) in [6.07, 6.45) is 10.2. The second-order valence-corrected chi connectivity index (χ2v) is 6.71. The Bertz CT molecular complexity index is 372. The molecule has 2 rings (SSSR count). The van der Waals surface area contributed by atoms with Crippen LogP contribution >= 0.6 is 11.6 Å². The zero-order chi connectivity index (χ0) is 13.1. The molecule has 0 N–H and O–H groups in total. The number of rotatable bonds is 4. The molecule has 3 heteroatoms. The van der Waals surface area contributed by atoms with Crippen LogP contribution < -0.4 is 0 Å². The first-order valence-corrected chi connectivity index (χ1v) is 7.61. The van der Waals surface area contributed by atoms with E-state index >= 15 is 0 Å². The first-order chi connectivity index (χ1) is 8.56. The molecule has 3 unspecified atom stereocenters. The Kier molecular flexibility index (Phi) is 4.71. The molecule has 1 aliphatic carbocycles. The van der Waals surface area contributed by atoms with Crippen LogP contribution in [0.2, 0.25) is 0 Å². The molecule has 3 atom stereocenters. The van der Waals surface area contributed by atoms with Crippen molar-refractivity contribution in [2.75, 3.05) is 0 Å². The standard InChI is InChI=1S/C15H25ClN2/c1-11(2)13-6-7-15(16)14(8-13)5-4-12-9-17-18(3)10-12/h9-11,13-15H,4-8H2,1-3H3. The van der Waals surface area contributed by atoms with Crippen molar-refractivity contribution in [2.45, 2.75) is 51.3 Å². The zero-order valence-electron chi connectivity index (χ0n) is 11.8. The maximum Gasteiger partial charge on any atom is 0.0521 e. The van der Waals surface area contributed by atoms with Crippen LogP contribution in [0.1, 0.15) is 45.1 Å². The summed E-state index contributed by atoms with van der Waals surface area (Å²) in [4.78, 5) is 0. The highest BCUT2D eigenvalue weighted by Gasteiger charge is 2.30. The summed E-state index contributed by atoms with van der Waals surface area (Å²) in [5.74, 6) is 2.36. The summed E-state index contributed by atoms with van der Waals surface area (Å²) in [7, 11) is 1.98. The molecule has 18 heavy (non-hydrogen) atoms. The van der Waals surface area contributed by atoms with Crippen LogP contribution in [0.3, 0.4) is 0 Å². The van der Waals surface area contributed by atoms with Gasteiger partial charge in [0, 0.05) is 18.6 Å². The van der Waals surface area contributed by atoms with E-state index in [9.17, 15) is 0 Å². The lowest BCUT2D eigenvalue weighted by atomic mass is 9.74. The molecule has 0 radical (unpaired) electrons. The number of halogens is 1. The summed E-state index contributed by atoms with van der Waals surface area (Å²) in [5, 5.41) is 4.61. The molecule has 1 saturated carbocycles. The molecule has 0 aliphatic heterocycles. The van der Waals surface area contributed by atoms with Crippen LogP contribution in [0, 0.1) is 17.8 Å². The van der Waals surface area contributed by atoms with E-state index in [1.54, 1.807) is 0 Å². The molecule has 1 aromatic rings. The van der Waals surface area contributed by atoms with Crippen molar-refractivity contribution in [3.05, 3.63) is 18.0 Å². The number of aromatic nitrogens is 2. The molecule has 0 bridgehead atoms. The third kappa shape index (κ3) is 3.50. The van der Waals surface area contributed by atoms with E-state index < -0.39 is 0 Å². The van der Waals surface area contributed by atoms with Crippen molar-refractivity contribution >= 4 is 11.6 Å². The third-order valence-corrected chi connectivity index (χ3v) is 5.01. The smallest absolute Gasteiger partial charge is 0.0521 e. The summed E-state index contributed by atoms with van der Waals surface area (Å²) < 4.78 is 1.88. The highest BCUT2D eigenvalue weighted by atomic mass is 35.5. The summed E-state index contributed by atoms with van der Waals surface area (Å²) >= 11 is 6.50. The van der Waals surface area contributed by atoms with E-state index in [-0.39, 0.29) is 0 Å². The quantitative estimate of drug-likeness (QED) is 0.754. The van der Waals surface area contributed by atoms with Gasteiger partial charge >= 0.3 is 0 Å². The molecular formula is C15H25ClN2. The van der Waals surface area contributed by atoms with Gasteiger partial charge in [-0.25, -0.2) is 0 Å². The van der Waals surface area contributed by atoms with Crippen molar-refractivity contribution < 1.29 is 0 Å². The minimum atomic E-state index is 0.386. The van der Waals surface area contributed by atoms with E-state index in [1.807, 2.05) is 17.9 Å².